The van der Waals surface area contributed by atoms with Crippen LogP contribution in [0.3, 0.4) is 0 Å². The smallest absolute Gasteiger partial charge is 0.419 e. The summed E-state index contributed by atoms with van der Waals surface area (Å²) in [5, 5.41) is 8.71. The molecular weight excluding hydrogens is 245 g/mol. The van der Waals surface area contributed by atoms with Crippen molar-refractivity contribution in [3.63, 3.8) is 0 Å². The summed E-state index contributed by atoms with van der Waals surface area (Å²) in [6, 6.07) is 5.39. The molecular formula is C12H13F3N2O. The number of rotatable bonds is 4. The van der Waals surface area contributed by atoms with Crippen molar-refractivity contribution in [2.75, 3.05) is 0 Å². The van der Waals surface area contributed by atoms with E-state index < -0.39 is 17.8 Å². The fourth-order valence-corrected chi connectivity index (χ4v) is 1.38. The summed E-state index contributed by atoms with van der Waals surface area (Å²) in [6.07, 6.45) is -5.12. The Hall–Kier alpha value is -1.74. The van der Waals surface area contributed by atoms with Gasteiger partial charge in [-0.05, 0) is 24.1 Å². The van der Waals surface area contributed by atoms with Gasteiger partial charge in [-0.1, -0.05) is 13.0 Å². The fourth-order valence-electron chi connectivity index (χ4n) is 1.38. The van der Waals surface area contributed by atoms with E-state index in [-0.39, 0.29) is 12.3 Å². The van der Waals surface area contributed by atoms with Crippen LogP contribution in [-0.4, -0.2) is 6.10 Å². The third-order valence-electron chi connectivity index (χ3n) is 2.37. The lowest BCUT2D eigenvalue weighted by Gasteiger charge is -2.17. The Morgan fingerprint density at radius 3 is 2.56 bits per heavy atom. The van der Waals surface area contributed by atoms with Crippen molar-refractivity contribution < 1.29 is 17.9 Å². The lowest BCUT2D eigenvalue weighted by atomic mass is 10.1. The predicted octanol–water partition coefficient (Wildman–Crippen LogP) is 2.85. The molecule has 1 rings (SSSR count). The van der Waals surface area contributed by atoms with Crippen LogP contribution in [0.15, 0.2) is 18.2 Å². The summed E-state index contributed by atoms with van der Waals surface area (Å²) in [5.74, 6) is -0.340. The van der Waals surface area contributed by atoms with Gasteiger partial charge in [-0.25, -0.2) is 0 Å². The number of hydrogen-bond donors (Lipinski definition) is 1. The molecule has 98 valence electrons. The normalized spacial score (nSPS) is 12.9. The molecule has 18 heavy (non-hydrogen) atoms. The zero-order valence-electron chi connectivity index (χ0n) is 9.79. The van der Waals surface area contributed by atoms with Gasteiger partial charge in [-0.2, -0.15) is 18.4 Å². The largest absolute Gasteiger partial charge is 0.475 e. The average molecular weight is 258 g/mol. The molecule has 0 aliphatic heterocycles. The first-order valence-electron chi connectivity index (χ1n) is 5.38. The predicted molar refractivity (Wildman–Crippen MR) is 59.7 cm³/mol. The molecule has 0 fully saturated rings. The van der Waals surface area contributed by atoms with Crippen molar-refractivity contribution in [3.05, 3.63) is 29.3 Å². The van der Waals surface area contributed by atoms with E-state index in [0.717, 1.165) is 6.07 Å². The topological polar surface area (TPSA) is 59.0 Å². The maximum Gasteiger partial charge on any atom is 0.419 e. The Balaban J connectivity index is 3.15. The molecule has 0 heterocycles. The Bertz CT molecular complexity index is 452. The van der Waals surface area contributed by atoms with E-state index in [9.17, 15) is 13.2 Å². The van der Waals surface area contributed by atoms with Crippen molar-refractivity contribution in [1.82, 2.24) is 0 Å². The summed E-state index contributed by atoms with van der Waals surface area (Å²) in [7, 11) is 0. The van der Waals surface area contributed by atoms with Crippen molar-refractivity contribution in [2.45, 2.75) is 32.2 Å². The van der Waals surface area contributed by atoms with E-state index in [4.69, 9.17) is 15.7 Å². The highest BCUT2D eigenvalue weighted by Crippen LogP contribution is 2.37. The maximum absolute atomic E-state index is 12.8. The van der Waals surface area contributed by atoms with E-state index in [1.807, 2.05) is 0 Å². The van der Waals surface area contributed by atoms with Crippen LogP contribution in [0, 0.1) is 11.3 Å². The second-order valence-corrected chi connectivity index (χ2v) is 3.68. The number of benzene rings is 1. The van der Waals surface area contributed by atoms with Crippen LogP contribution in [-0.2, 0) is 12.7 Å². The van der Waals surface area contributed by atoms with Crippen LogP contribution < -0.4 is 10.5 Å². The monoisotopic (exact) mass is 258 g/mol. The van der Waals surface area contributed by atoms with Gasteiger partial charge >= 0.3 is 6.18 Å². The second kappa shape index (κ2) is 5.74. The van der Waals surface area contributed by atoms with Crippen LogP contribution in [0.2, 0.25) is 0 Å². The Morgan fingerprint density at radius 2 is 2.11 bits per heavy atom. The van der Waals surface area contributed by atoms with Gasteiger partial charge in [-0.3, -0.25) is 0 Å². The lowest BCUT2D eigenvalue weighted by molar-refractivity contribution is -0.139. The first kappa shape index (κ1) is 14.3. The van der Waals surface area contributed by atoms with Gasteiger partial charge in [0.25, 0.3) is 0 Å². The van der Waals surface area contributed by atoms with E-state index in [0.29, 0.717) is 12.0 Å². The molecule has 0 saturated heterocycles. The highest BCUT2D eigenvalue weighted by atomic mass is 19.4. The molecule has 0 aromatic heterocycles. The molecule has 3 nitrogen and oxygen atoms in total. The Kier molecular flexibility index (Phi) is 4.56. The molecule has 0 radical (unpaired) electrons. The molecule has 0 spiro atoms. The molecule has 1 aromatic rings. The number of nitrogens with two attached hydrogens (primary N) is 1. The van der Waals surface area contributed by atoms with Gasteiger partial charge in [0.15, 0.2) is 6.10 Å². The molecule has 2 N–H and O–H groups in total. The van der Waals surface area contributed by atoms with Gasteiger partial charge in [-0.15, -0.1) is 0 Å². The van der Waals surface area contributed by atoms with E-state index in [1.54, 1.807) is 13.0 Å². The Labute approximate surface area is 103 Å². The second-order valence-electron chi connectivity index (χ2n) is 3.68. The van der Waals surface area contributed by atoms with Crippen molar-refractivity contribution >= 4 is 0 Å². The van der Waals surface area contributed by atoms with Crippen LogP contribution in [0.1, 0.15) is 24.5 Å². The number of hydrogen-bond acceptors (Lipinski definition) is 3. The van der Waals surface area contributed by atoms with Gasteiger partial charge in [0.1, 0.15) is 11.8 Å². The average Bonchev–Trinajstić information content (AvgIpc) is 2.34. The SMILES string of the molecule is CCC(C#N)Oc1ccc(CN)cc1C(F)(F)F. The first-order chi connectivity index (χ1) is 8.42. The van der Waals surface area contributed by atoms with Crippen molar-refractivity contribution in [2.24, 2.45) is 5.73 Å². The highest BCUT2D eigenvalue weighted by molar-refractivity contribution is 5.39. The third kappa shape index (κ3) is 3.37. The summed E-state index contributed by atoms with van der Waals surface area (Å²) >= 11 is 0. The molecule has 0 bridgehead atoms. The molecule has 0 amide bonds. The maximum atomic E-state index is 12.8. The zero-order chi connectivity index (χ0) is 13.8. The van der Waals surface area contributed by atoms with Gasteiger partial charge in [0.05, 0.1) is 5.56 Å². The standard InChI is InChI=1S/C12H13F3N2O/c1-2-9(7-17)18-11-4-3-8(6-16)5-10(11)12(13,14)15/h3-5,9H,2,6,16H2,1H3. The van der Waals surface area contributed by atoms with Crippen LogP contribution in [0.4, 0.5) is 13.2 Å². The van der Waals surface area contributed by atoms with E-state index in [1.165, 1.54) is 12.1 Å². The molecule has 0 aliphatic carbocycles. The van der Waals surface area contributed by atoms with Crippen molar-refractivity contribution in [3.8, 4) is 11.8 Å². The number of alkyl halides is 3. The minimum absolute atomic E-state index is 0.0127. The van der Waals surface area contributed by atoms with Crippen LogP contribution >= 0.6 is 0 Å². The molecule has 0 aliphatic rings. The number of nitrogens with zero attached hydrogens (tertiary/aromatic N) is 1. The molecule has 0 saturated carbocycles. The molecule has 1 aromatic carbocycles. The van der Waals surface area contributed by atoms with Gasteiger partial charge in [0, 0.05) is 6.54 Å². The number of ether oxygens (including phenoxy) is 1. The highest BCUT2D eigenvalue weighted by Gasteiger charge is 2.35. The molecule has 6 heteroatoms. The summed E-state index contributed by atoms with van der Waals surface area (Å²) in [6.45, 7) is 1.67. The van der Waals surface area contributed by atoms with Crippen molar-refractivity contribution in [1.29, 1.82) is 5.26 Å². The number of halogens is 3. The van der Waals surface area contributed by atoms with E-state index >= 15 is 0 Å². The quantitative estimate of drug-likeness (QED) is 0.903. The lowest BCUT2D eigenvalue weighted by Crippen LogP contribution is -2.17. The van der Waals surface area contributed by atoms with E-state index in [2.05, 4.69) is 0 Å². The molecule has 1 unspecified atom stereocenters. The summed E-state index contributed by atoms with van der Waals surface area (Å²) in [4.78, 5) is 0. The van der Waals surface area contributed by atoms with Gasteiger partial charge < -0.3 is 10.5 Å². The van der Waals surface area contributed by atoms with Crippen LogP contribution in [0.5, 0.6) is 5.75 Å². The first-order valence-corrected chi connectivity index (χ1v) is 5.38. The number of nitriles is 1. The Morgan fingerprint density at radius 1 is 1.44 bits per heavy atom. The summed E-state index contributed by atoms with van der Waals surface area (Å²) in [5.41, 5.74) is 4.76. The molecule has 1 atom stereocenters. The minimum Gasteiger partial charge on any atom is -0.475 e. The third-order valence-corrected chi connectivity index (χ3v) is 2.37. The fraction of sp³-hybridized carbons (Fsp3) is 0.417. The zero-order valence-corrected chi connectivity index (χ0v) is 9.79. The van der Waals surface area contributed by atoms with Crippen LogP contribution in [0.25, 0.3) is 0 Å². The summed E-state index contributed by atoms with van der Waals surface area (Å²) < 4.78 is 43.5. The van der Waals surface area contributed by atoms with Gasteiger partial charge in [0.2, 0.25) is 0 Å². The minimum atomic E-state index is -4.53.